The molecule has 0 aromatic heterocycles. The molecule has 0 heterocycles. The van der Waals surface area contributed by atoms with Gasteiger partial charge in [-0.05, 0) is 24.6 Å². The maximum atomic E-state index is 5.77. The van der Waals surface area contributed by atoms with E-state index < -0.39 is 0 Å². The summed E-state index contributed by atoms with van der Waals surface area (Å²) in [5.74, 6) is 0.954. The van der Waals surface area contributed by atoms with Crippen LogP contribution in [0.3, 0.4) is 0 Å². The predicted molar refractivity (Wildman–Crippen MR) is 65.0 cm³/mol. The Hall–Kier alpha value is -0.830. The van der Waals surface area contributed by atoms with Gasteiger partial charge in [0.15, 0.2) is 0 Å². The summed E-state index contributed by atoms with van der Waals surface area (Å²) in [4.78, 5) is 4.32. The Morgan fingerprint density at radius 2 is 2.07 bits per heavy atom. The first-order valence-corrected chi connectivity index (χ1v) is 5.40. The van der Waals surface area contributed by atoms with Crippen molar-refractivity contribution in [1.82, 2.24) is 0 Å². The van der Waals surface area contributed by atoms with E-state index in [1.807, 2.05) is 39.0 Å². The highest BCUT2D eigenvalue weighted by atomic mass is 79.9. The molecule has 0 saturated carbocycles. The van der Waals surface area contributed by atoms with Crippen molar-refractivity contribution in [3.8, 4) is 0 Å². The highest BCUT2D eigenvalue weighted by molar-refractivity contribution is 9.10. The van der Waals surface area contributed by atoms with Crippen LogP contribution in [0.5, 0.6) is 0 Å². The second-order valence-electron chi connectivity index (χ2n) is 3.62. The fourth-order valence-corrected chi connectivity index (χ4v) is 1.30. The molecule has 1 aromatic carbocycles. The van der Waals surface area contributed by atoms with Gasteiger partial charge in [-0.3, -0.25) is 0 Å². The number of aliphatic imine (C=N–C) groups is 1. The second kappa shape index (κ2) is 4.60. The van der Waals surface area contributed by atoms with Gasteiger partial charge in [-0.1, -0.05) is 35.8 Å². The second-order valence-corrected chi connectivity index (χ2v) is 4.48. The summed E-state index contributed by atoms with van der Waals surface area (Å²) in [6.45, 7) is 6.10. The smallest absolute Gasteiger partial charge is 0.102 e. The lowest BCUT2D eigenvalue weighted by Crippen LogP contribution is -2.17. The molecule has 0 spiro atoms. The monoisotopic (exact) mass is 254 g/mol. The van der Waals surface area contributed by atoms with E-state index in [9.17, 15) is 0 Å². The van der Waals surface area contributed by atoms with Crippen molar-refractivity contribution in [3.63, 3.8) is 0 Å². The van der Waals surface area contributed by atoms with Crippen LogP contribution in [0.2, 0.25) is 0 Å². The third-order valence-corrected chi connectivity index (χ3v) is 2.86. The van der Waals surface area contributed by atoms with Gasteiger partial charge < -0.3 is 5.73 Å². The highest BCUT2D eigenvalue weighted by Gasteiger charge is 2.00. The van der Waals surface area contributed by atoms with Gasteiger partial charge in [0.2, 0.25) is 0 Å². The molecule has 0 aliphatic carbocycles. The quantitative estimate of drug-likeness (QED) is 0.638. The van der Waals surface area contributed by atoms with Crippen LogP contribution in [0.1, 0.15) is 19.4 Å². The first kappa shape index (κ1) is 11.2. The van der Waals surface area contributed by atoms with Gasteiger partial charge in [0.05, 0.1) is 5.69 Å². The molecule has 3 heteroatoms. The zero-order valence-corrected chi connectivity index (χ0v) is 10.3. The van der Waals surface area contributed by atoms with Crippen molar-refractivity contribution in [3.05, 3.63) is 28.2 Å². The lowest BCUT2D eigenvalue weighted by Gasteiger charge is -2.04. The number of halogens is 1. The average Bonchev–Trinajstić information content (AvgIpc) is 2.11. The zero-order chi connectivity index (χ0) is 10.7. The van der Waals surface area contributed by atoms with Crippen molar-refractivity contribution < 1.29 is 0 Å². The number of amidine groups is 1. The Kier molecular flexibility index (Phi) is 3.69. The number of nitrogens with two attached hydrogens (primary N) is 1. The van der Waals surface area contributed by atoms with Crippen LogP contribution in [0.25, 0.3) is 0 Å². The Bertz CT molecular complexity index is 356. The van der Waals surface area contributed by atoms with Crippen LogP contribution in [-0.4, -0.2) is 5.84 Å². The summed E-state index contributed by atoms with van der Waals surface area (Å²) in [5, 5.41) is 0. The van der Waals surface area contributed by atoms with Crippen molar-refractivity contribution in [2.24, 2.45) is 16.6 Å². The molecule has 1 aromatic rings. The zero-order valence-electron chi connectivity index (χ0n) is 8.71. The van der Waals surface area contributed by atoms with Gasteiger partial charge in [-0.25, -0.2) is 4.99 Å². The molecule has 0 atom stereocenters. The number of benzene rings is 1. The number of hydrogen-bond donors (Lipinski definition) is 1. The lowest BCUT2D eigenvalue weighted by molar-refractivity contribution is 0.873. The molecule has 2 nitrogen and oxygen atoms in total. The normalized spacial score (nSPS) is 12.2. The van der Waals surface area contributed by atoms with Gasteiger partial charge >= 0.3 is 0 Å². The van der Waals surface area contributed by atoms with Gasteiger partial charge in [0.25, 0.3) is 0 Å². The summed E-state index contributed by atoms with van der Waals surface area (Å²) < 4.78 is 1.07. The molecule has 0 saturated heterocycles. The van der Waals surface area contributed by atoms with E-state index in [0.29, 0.717) is 5.84 Å². The number of hydrogen-bond acceptors (Lipinski definition) is 1. The average molecular weight is 255 g/mol. The molecule has 0 unspecified atom stereocenters. The molecule has 1 rings (SSSR count). The minimum atomic E-state index is 0.287. The Morgan fingerprint density at radius 3 is 2.57 bits per heavy atom. The predicted octanol–water partition coefficient (Wildman–Crippen LogP) is 3.40. The van der Waals surface area contributed by atoms with Crippen LogP contribution >= 0.6 is 15.9 Å². The summed E-state index contributed by atoms with van der Waals surface area (Å²) >= 11 is 3.46. The standard InChI is InChI=1S/C11H15BrN2/c1-7(2)11(13)14-9-5-4-8(3)10(12)6-9/h4-7H,1-3H3,(H2,13,14). The molecule has 0 amide bonds. The number of nitrogens with zero attached hydrogens (tertiary/aromatic N) is 1. The van der Waals surface area contributed by atoms with Crippen LogP contribution < -0.4 is 5.73 Å². The molecule has 14 heavy (non-hydrogen) atoms. The minimum Gasteiger partial charge on any atom is -0.387 e. The Morgan fingerprint density at radius 1 is 1.43 bits per heavy atom. The third kappa shape index (κ3) is 2.84. The van der Waals surface area contributed by atoms with Crippen LogP contribution in [0, 0.1) is 12.8 Å². The lowest BCUT2D eigenvalue weighted by atomic mass is 10.2. The fraction of sp³-hybridized carbons (Fsp3) is 0.364. The molecular formula is C11H15BrN2. The maximum absolute atomic E-state index is 5.77. The topological polar surface area (TPSA) is 38.4 Å². The van der Waals surface area contributed by atoms with Crippen molar-refractivity contribution in [1.29, 1.82) is 0 Å². The molecule has 0 bridgehead atoms. The van der Waals surface area contributed by atoms with E-state index >= 15 is 0 Å². The molecular weight excluding hydrogens is 240 g/mol. The SMILES string of the molecule is Cc1ccc(N=C(N)C(C)C)cc1Br. The van der Waals surface area contributed by atoms with E-state index in [4.69, 9.17) is 5.73 Å². The van der Waals surface area contributed by atoms with Gasteiger partial charge in [-0.2, -0.15) is 0 Å². The van der Waals surface area contributed by atoms with Crippen LogP contribution in [0.15, 0.2) is 27.7 Å². The molecule has 0 aliphatic rings. The van der Waals surface area contributed by atoms with Crippen LogP contribution in [-0.2, 0) is 0 Å². The highest BCUT2D eigenvalue weighted by Crippen LogP contribution is 2.22. The van der Waals surface area contributed by atoms with Crippen molar-refractivity contribution in [2.45, 2.75) is 20.8 Å². The first-order valence-electron chi connectivity index (χ1n) is 4.61. The summed E-state index contributed by atoms with van der Waals surface area (Å²) in [5.41, 5.74) is 7.87. The van der Waals surface area contributed by atoms with Gasteiger partial charge in [0, 0.05) is 10.4 Å². The van der Waals surface area contributed by atoms with E-state index in [1.165, 1.54) is 5.56 Å². The summed E-state index contributed by atoms with van der Waals surface area (Å²) in [6, 6.07) is 5.97. The molecule has 76 valence electrons. The Labute approximate surface area is 93.4 Å². The maximum Gasteiger partial charge on any atom is 0.102 e. The van der Waals surface area contributed by atoms with Crippen LogP contribution in [0.4, 0.5) is 5.69 Å². The fourth-order valence-electron chi connectivity index (χ4n) is 0.929. The van der Waals surface area contributed by atoms with Gasteiger partial charge in [0.1, 0.15) is 5.84 Å². The number of aryl methyl sites for hydroxylation is 1. The van der Waals surface area contributed by atoms with Gasteiger partial charge in [-0.15, -0.1) is 0 Å². The summed E-state index contributed by atoms with van der Waals surface area (Å²) in [7, 11) is 0. The van der Waals surface area contributed by atoms with Crippen molar-refractivity contribution >= 4 is 27.5 Å². The molecule has 0 aliphatic heterocycles. The molecule has 2 N–H and O–H groups in total. The minimum absolute atomic E-state index is 0.287. The Balaban J connectivity index is 2.98. The summed E-state index contributed by atoms with van der Waals surface area (Å²) in [6.07, 6.45) is 0. The third-order valence-electron chi connectivity index (χ3n) is 2.01. The molecule has 0 radical (unpaired) electrons. The van der Waals surface area contributed by atoms with Crippen molar-refractivity contribution in [2.75, 3.05) is 0 Å². The molecule has 0 fully saturated rings. The largest absolute Gasteiger partial charge is 0.387 e. The number of rotatable bonds is 2. The van der Waals surface area contributed by atoms with E-state index in [2.05, 4.69) is 20.9 Å². The first-order chi connectivity index (χ1) is 6.50. The van der Waals surface area contributed by atoms with E-state index in [-0.39, 0.29) is 5.92 Å². The van der Waals surface area contributed by atoms with E-state index in [1.54, 1.807) is 0 Å². The van der Waals surface area contributed by atoms with E-state index in [0.717, 1.165) is 10.2 Å².